The second kappa shape index (κ2) is 3.90. The molecular weight excluding hydrogens is 214 g/mol. The van der Waals surface area contributed by atoms with Crippen LogP contribution < -0.4 is 5.73 Å². The van der Waals surface area contributed by atoms with Crippen LogP contribution >= 0.6 is 0 Å². The number of benzene rings is 1. The van der Waals surface area contributed by atoms with Crippen molar-refractivity contribution in [1.29, 1.82) is 0 Å². The number of nitrogens with two attached hydrogens (primary N) is 1. The second-order valence-corrected chi connectivity index (χ2v) is 3.88. The maximum Gasteiger partial charge on any atom is 0.323 e. The standard InChI is InChI=1S/C10H13NO5/c1-10(11,9(15)16)4-5-2-6(12)8(14)7(13)3-5/h2-3,12-14H,4,11H2,1H3,(H,15,16)/t10-/m1/s1. The zero-order valence-corrected chi connectivity index (χ0v) is 8.64. The molecule has 6 heteroatoms. The number of carbonyl (C=O) groups is 1. The molecule has 0 saturated carbocycles. The molecule has 6 N–H and O–H groups in total. The van der Waals surface area contributed by atoms with Crippen molar-refractivity contribution in [2.45, 2.75) is 18.9 Å². The molecule has 0 aliphatic heterocycles. The lowest BCUT2D eigenvalue weighted by Crippen LogP contribution is -2.46. The van der Waals surface area contributed by atoms with E-state index in [9.17, 15) is 15.0 Å². The molecule has 1 aromatic rings. The van der Waals surface area contributed by atoms with Crippen molar-refractivity contribution in [3.8, 4) is 17.2 Å². The van der Waals surface area contributed by atoms with E-state index < -0.39 is 28.8 Å². The average molecular weight is 227 g/mol. The topological polar surface area (TPSA) is 124 Å². The van der Waals surface area contributed by atoms with Crippen molar-refractivity contribution in [2.75, 3.05) is 0 Å². The van der Waals surface area contributed by atoms with Gasteiger partial charge in [0, 0.05) is 6.42 Å². The molecule has 1 atom stereocenters. The van der Waals surface area contributed by atoms with Crippen LogP contribution in [0.3, 0.4) is 0 Å². The molecule has 0 spiro atoms. The van der Waals surface area contributed by atoms with E-state index in [4.69, 9.17) is 15.9 Å². The van der Waals surface area contributed by atoms with E-state index in [2.05, 4.69) is 0 Å². The van der Waals surface area contributed by atoms with E-state index in [1.54, 1.807) is 0 Å². The van der Waals surface area contributed by atoms with Gasteiger partial charge in [0.25, 0.3) is 0 Å². The molecule has 0 aromatic heterocycles. The van der Waals surface area contributed by atoms with Gasteiger partial charge in [-0.15, -0.1) is 0 Å². The SMILES string of the molecule is C[C@@](N)(Cc1cc(O)c(O)c(O)c1)C(=O)O. The first-order valence-electron chi connectivity index (χ1n) is 4.50. The first-order valence-corrected chi connectivity index (χ1v) is 4.50. The van der Waals surface area contributed by atoms with Crippen LogP contribution in [0, 0.1) is 0 Å². The summed E-state index contributed by atoms with van der Waals surface area (Å²) >= 11 is 0. The average Bonchev–Trinajstić information content (AvgIpc) is 2.13. The Kier molecular flexibility index (Phi) is 2.95. The molecule has 88 valence electrons. The van der Waals surface area contributed by atoms with E-state index in [1.165, 1.54) is 6.92 Å². The van der Waals surface area contributed by atoms with Gasteiger partial charge in [-0.2, -0.15) is 0 Å². The lowest BCUT2D eigenvalue weighted by atomic mass is 9.94. The van der Waals surface area contributed by atoms with Gasteiger partial charge in [-0.25, -0.2) is 0 Å². The highest BCUT2D eigenvalue weighted by Crippen LogP contribution is 2.36. The summed E-state index contributed by atoms with van der Waals surface area (Å²) in [5.41, 5.74) is 4.32. The molecular formula is C10H13NO5. The van der Waals surface area contributed by atoms with Crippen LogP contribution in [0.4, 0.5) is 0 Å². The number of aromatic hydroxyl groups is 3. The third kappa shape index (κ3) is 2.34. The van der Waals surface area contributed by atoms with E-state index in [-0.39, 0.29) is 6.42 Å². The zero-order chi connectivity index (χ0) is 12.5. The Morgan fingerprint density at radius 2 is 1.75 bits per heavy atom. The molecule has 0 bridgehead atoms. The third-order valence-electron chi connectivity index (χ3n) is 2.19. The van der Waals surface area contributed by atoms with Gasteiger partial charge in [0.15, 0.2) is 17.2 Å². The Hall–Kier alpha value is -1.95. The minimum atomic E-state index is -1.50. The molecule has 0 fully saturated rings. The van der Waals surface area contributed by atoms with Gasteiger partial charge in [0.2, 0.25) is 0 Å². The van der Waals surface area contributed by atoms with Crippen LogP contribution in [0.1, 0.15) is 12.5 Å². The number of carboxylic acid groups (broad SMARTS) is 1. The molecule has 0 amide bonds. The summed E-state index contributed by atoms with van der Waals surface area (Å²) in [6.45, 7) is 1.32. The van der Waals surface area contributed by atoms with Gasteiger partial charge in [0.05, 0.1) is 0 Å². The molecule has 16 heavy (non-hydrogen) atoms. The molecule has 0 unspecified atom stereocenters. The molecule has 0 heterocycles. The monoisotopic (exact) mass is 227 g/mol. The summed E-state index contributed by atoms with van der Waals surface area (Å²) in [5, 5.41) is 36.3. The summed E-state index contributed by atoms with van der Waals surface area (Å²) in [7, 11) is 0. The Balaban J connectivity index is 3.04. The fraction of sp³-hybridized carbons (Fsp3) is 0.300. The number of carboxylic acids is 1. The van der Waals surface area contributed by atoms with Gasteiger partial charge in [0.1, 0.15) is 5.54 Å². The Bertz CT molecular complexity index is 404. The molecule has 1 aromatic carbocycles. The lowest BCUT2D eigenvalue weighted by molar-refractivity contribution is -0.142. The first-order chi connectivity index (χ1) is 7.24. The predicted molar refractivity (Wildman–Crippen MR) is 55.4 cm³/mol. The normalized spacial score (nSPS) is 14.4. The minimum Gasteiger partial charge on any atom is -0.504 e. The van der Waals surface area contributed by atoms with Crippen LogP contribution in [0.15, 0.2) is 12.1 Å². The first kappa shape index (κ1) is 12.1. The summed E-state index contributed by atoms with van der Waals surface area (Å²) in [4.78, 5) is 10.8. The van der Waals surface area contributed by atoms with E-state index >= 15 is 0 Å². The van der Waals surface area contributed by atoms with E-state index in [0.717, 1.165) is 12.1 Å². The van der Waals surface area contributed by atoms with Crippen molar-refractivity contribution in [3.05, 3.63) is 17.7 Å². The fourth-order valence-electron chi connectivity index (χ4n) is 1.26. The van der Waals surface area contributed by atoms with Crippen molar-refractivity contribution in [3.63, 3.8) is 0 Å². The Morgan fingerprint density at radius 1 is 1.31 bits per heavy atom. The van der Waals surface area contributed by atoms with Gasteiger partial charge in [-0.05, 0) is 24.6 Å². The van der Waals surface area contributed by atoms with Crippen LogP contribution in [-0.2, 0) is 11.2 Å². The number of phenols is 3. The number of phenolic OH excluding ortho intramolecular Hbond substituents is 3. The number of aliphatic carboxylic acids is 1. The minimum absolute atomic E-state index is 0.0796. The smallest absolute Gasteiger partial charge is 0.323 e. The zero-order valence-electron chi connectivity index (χ0n) is 8.64. The maximum absolute atomic E-state index is 10.8. The van der Waals surface area contributed by atoms with Crippen LogP contribution in [-0.4, -0.2) is 31.9 Å². The number of hydrogen-bond donors (Lipinski definition) is 5. The van der Waals surface area contributed by atoms with E-state index in [1.807, 2.05) is 0 Å². The Labute approximate surface area is 91.6 Å². The van der Waals surface area contributed by atoms with Crippen molar-refractivity contribution in [2.24, 2.45) is 5.73 Å². The largest absolute Gasteiger partial charge is 0.504 e. The molecule has 0 aliphatic carbocycles. The molecule has 0 radical (unpaired) electrons. The predicted octanol–water partition coefficient (Wildman–Crippen LogP) is 0.148. The molecule has 0 aliphatic rings. The van der Waals surface area contributed by atoms with Crippen LogP contribution in [0.5, 0.6) is 17.2 Å². The Morgan fingerprint density at radius 3 is 2.12 bits per heavy atom. The highest BCUT2D eigenvalue weighted by molar-refractivity contribution is 5.78. The fourth-order valence-corrected chi connectivity index (χ4v) is 1.26. The lowest BCUT2D eigenvalue weighted by Gasteiger charge is -2.19. The quantitative estimate of drug-likeness (QED) is 0.468. The highest BCUT2D eigenvalue weighted by atomic mass is 16.4. The maximum atomic E-state index is 10.8. The van der Waals surface area contributed by atoms with Gasteiger partial charge < -0.3 is 26.2 Å². The third-order valence-corrected chi connectivity index (χ3v) is 2.19. The summed E-state index contributed by atoms with van der Waals surface area (Å²) in [6.07, 6.45) is -0.0796. The van der Waals surface area contributed by atoms with Crippen LogP contribution in [0.2, 0.25) is 0 Å². The van der Waals surface area contributed by atoms with Crippen molar-refractivity contribution in [1.82, 2.24) is 0 Å². The van der Waals surface area contributed by atoms with Crippen molar-refractivity contribution >= 4 is 5.97 Å². The summed E-state index contributed by atoms with van der Waals surface area (Å²) in [5.74, 6) is -2.87. The highest BCUT2D eigenvalue weighted by Gasteiger charge is 2.28. The summed E-state index contributed by atoms with van der Waals surface area (Å²) < 4.78 is 0. The molecule has 6 nitrogen and oxygen atoms in total. The number of rotatable bonds is 3. The van der Waals surface area contributed by atoms with E-state index in [0.29, 0.717) is 5.56 Å². The second-order valence-electron chi connectivity index (χ2n) is 3.88. The van der Waals surface area contributed by atoms with Gasteiger partial charge >= 0.3 is 5.97 Å². The number of hydrogen-bond acceptors (Lipinski definition) is 5. The summed E-state index contributed by atoms with van der Waals surface area (Å²) in [6, 6.07) is 2.31. The molecule has 1 rings (SSSR count). The van der Waals surface area contributed by atoms with Gasteiger partial charge in [-0.3, -0.25) is 4.79 Å². The van der Waals surface area contributed by atoms with Gasteiger partial charge in [-0.1, -0.05) is 0 Å². The van der Waals surface area contributed by atoms with Crippen molar-refractivity contribution < 1.29 is 25.2 Å². The molecule has 0 saturated heterocycles. The van der Waals surface area contributed by atoms with Crippen LogP contribution in [0.25, 0.3) is 0 Å².